The Hall–Kier alpha value is -0.990. The number of carbonyl (C=O) groups is 1. The minimum atomic E-state index is 0.0787. The highest BCUT2D eigenvalue weighted by Gasteiger charge is 2.17. The molecular formula is C5H8N2O. The maximum absolute atomic E-state index is 10.6. The molecule has 1 rings (SSSR count). The van der Waals surface area contributed by atoms with Gasteiger partial charge < -0.3 is 10.2 Å². The third-order valence-corrected chi connectivity index (χ3v) is 1.22. The minimum Gasteiger partial charge on any atom is -0.363 e. The van der Waals surface area contributed by atoms with Crippen molar-refractivity contribution in [3.05, 3.63) is 12.4 Å². The summed E-state index contributed by atoms with van der Waals surface area (Å²) in [6.45, 7) is 3.98. The molecule has 1 aliphatic heterocycles. The molecule has 0 saturated carbocycles. The van der Waals surface area contributed by atoms with Crippen molar-refractivity contribution >= 4 is 5.91 Å². The lowest BCUT2D eigenvalue weighted by molar-refractivity contribution is -0.124. The first-order valence-corrected chi connectivity index (χ1v) is 2.41. The third kappa shape index (κ3) is 0.559. The van der Waals surface area contributed by atoms with E-state index in [4.69, 9.17) is 0 Å². The number of amides is 1. The van der Waals surface area contributed by atoms with Gasteiger partial charge in [-0.1, -0.05) is 6.58 Å². The van der Waals surface area contributed by atoms with Gasteiger partial charge in [-0.05, 0) is 0 Å². The summed E-state index contributed by atoms with van der Waals surface area (Å²) in [5.41, 5.74) is 0. The van der Waals surface area contributed by atoms with Crippen LogP contribution in [0.4, 0.5) is 0 Å². The number of likely N-dealkylation sites (N-methyl/N-ethyl adjacent to an activating group) is 1. The van der Waals surface area contributed by atoms with Gasteiger partial charge >= 0.3 is 0 Å². The number of hydrogen-bond donors (Lipinski definition) is 1. The Balaban J connectivity index is 2.70. The Morgan fingerprint density at radius 1 is 1.88 bits per heavy atom. The predicted octanol–water partition coefficient (Wildman–Crippen LogP) is -0.481. The van der Waals surface area contributed by atoms with Gasteiger partial charge in [0.25, 0.3) is 0 Å². The second-order valence-electron chi connectivity index (χ2n) is 1.75. The molecule has 1 N–H and O–H groups in total. The first-order valence-electron chi connectivity index (χ1n) is 2.41. The Labute approximate surface area is 48.0 Å². The van der Waals surface area contributed by atoms with Gasteiger partial charge in [0.1, 0.15) is 5.82 Å². The highest BCUT2D eigenvalue weighted by molar-refractivity contribution is 5.82. The van der Waals surface area contributed by atoms with E-state index >= 15 is 0 Å². The summed E-state index contributed by atoms with van der Waals surface area (Å²) < 4.78 is 0. The van der Waals surface area contributed by atoms with Crippen LogP contribution in [0.25, 0.3) is 0 Å². The molecule has 3 heteroatoms. The van der Waals surface area contributed by atoms with Gasteiger partial charge in [-0.2, -0.15) is 0 Å². The van der Waals surface area contributed by atoms with E-state index in [1.807, 2.05) is 0 Å². The van der Waals surface area contributed by atoms with E-state index in [1.165, 1.54) is 4.90 Å². The summed E-state index contributed by atoms with van der Waals surface area (Å²) in [6, 6.07) is 0. The molecule has 1 amide bonds. The van der Waals surface area contributed by atoms with Crippen molar-refractivity contribution in [2.24, 2.45) is 0 Å². The molecule has 1 fully saturated rings. The van der Waals surface area contributed by atoms with Gasteiger partial charge in [0.15, 0.2) is 0 Å². The van der Waals surface area contributed by atoms with E-state index in [-0.39, 0.29) is 5.91 Å². The molecule has 0 unspecified atom stereocenters. The maximum atomic E-state index is 10.6. The van der Waals surface area contributed by atoms with E-state index in [0.29, 0.717) is 12.4 Å². The number of rotatable bonds is 0. The Morgan fingerprint density at radius 2 is 2.50 bits per heavy atom. The molecule has 0 aromatic heterocycles. The standard InChI is InChI=1S/C5H8N2O/c1-4-6-3-5(8)7(4)2/h6H,1,3H2,2H3. The fraction of sp³-hybridized carbons (Fsp3) is 0.400. The van der Waals surface area contributed by atoms with E-state index < -0.39 is 0 Å². The van der Waals surface area contributed by atoms with Crippen molar-refractivity contribution in [2.75, 3.05) is 13.6 Å². The first kappa shape index (κ1) is 5.15. The second-order valence-corrected chi connectivity index (χ2v) is 1.75. The summed E-state index contributed by atoms with van der Waals surface area (Å²) in [5.74, 6) is 0.769. The molecular weight excluding hydrogens is 104 g/mol. The molecule has 0 atom stereocenters. The molecule has 0 aromatic rings. The monoisotopic (exact) mass is 112 g/mol. The SMILES string of the molecule is C=C1NCC(=O)N1C. The minimum absolute atomic E-state index is 0.0787. The molecule has 0 aliphatic carbocycles. The number of hydrogen-bond acceptors (Lipinski definition) is 2. The average molecular weight is 112 g/mol. The van der Waals surface area contributed by atoms with Crippen LogP contribution in [0.15, 0.2) is 12.4 Å². The summed E-state index contributed by atoms with van der Waals surface area (Å²) >= 11 is 0. The van der Waals surface area contributed by atoms with Crippen LogP contribution < -0.4 is 5.32 Å². The first-order chi connectivity index (χ1) is 3.72. The summed E-state index contributed by atoms with van der Waals surface area (Å²) in [6.07, 6.45) is 0. The Bertz CT molecular complexity index is 125. The van der Waals surface area contributed by atoms with E-state index in [1.54, 1.807) is 7.05 Å². The topological polar surface area (TPSA) is 32.3 Å². The normalized spacial score (nSPS) is 19.4. The van der Waals surface area contributed by atoms with E-state index in [0.717, 1.165) is 0 Å². The van der Waals surface area contributed by atoms with Gasteiger partial charge in [0.2, 0.25) is 5.91 Å². The lowest BCUT2D eigenvalue weighted by Crippen LogP contribution is -2.17. The highest BCUT2D eigenvalue weighted by atomic mass is 16.2. The molecule has 1 saturated heterocycles. The molecule has 44 valence electrons. The van der Waals surface area contributed by atoms with Crippen LogP contribution in [-0.4, -0.2) is 24.4 Å². The molecule has 0 bridgehead atoms. The van der Waals surface area contributed by atoms with Gasteiger partial charge in [0.05, 0.1) is 6.54 Å². The second kappa shape index (κ2) is 1.51. The van der Waals surface area contributed by atoms with Crippen LogP contribution in [0.1, 0.15) is 0 Å². The van der Waals surface area contributed by atoms with Crippen molar-refractivity contribution in [2.45, 2.75) is 0 Å². The van der Waals surface area contributed by atoms with Crippen LogP contribution in [0.2, 0.25) is 0 Å². The quantitative estimate of drug-likeness (QED) is 0.459. The molecule has 0 spiro atoms. The fourth-order valence-electron chi connectivity index (χ4n) is 0.565. The van der Waals surface area contributed by atoms with Crippen molar-refractivity contribution < 1.29 is 4.79 Å². The summed E-state index contributed by atoms with van der Waals surface area (Å²) in [5, 5.41) is 2.80. The van der Waals surface area contributed by atoms with Crippen molar-refractivity contribution in [3.63, 3.8) is 0 Å². The Kier molecular flexibility index (Phi) is 0.970. The van der Waals surface area contributed by atoms with Gasteiger partial charge in [-0.15, -0.1) is 0 Å². The van der Waals surface area contributed by atoms with Gasteiger partial charge in [0, 0.05) is 7.05 Å². The average Bonchev–Trinajstić information content (AvgIpc) is 1.98. The van der Waals surface area contributed by atoms with Gasteiger partial charge in [-0.3, -0.25) is 4.79 Å². The zero-order valence-corrected chi connectivity index (χ0v) is 4.77. The van der Waals surface area contributed by atoms with Crippen molar-refractivity contribution in [1.82, 2.24) is 10.2 Å². The molecule has 1 aliphatic rings. The maximum Gasteiger partial charge on any atom is 0.247 e. The van der Waals surface area contributed by atoms with E-state index in [2.05, 4.69) is 11.9 Å². The van der Waals surface area contributed by atoms with Crippen LogP contribution >= 0.6 is 0 Å². The zero-order valence-electron chi connectivity index (χ0n) is 4.77. The van der Waals surface area contributed by atoms with Crippen molar-refractivity contribution in [1.29, 1.82) is 0 Å². The molecule has 1 heterocycles. The highest BCUT2D eigenvalue weighted by Crippen LogP contribution is 2.00. The summed E-state index contributed by atoms with van der Waals surface area (Å²) in [7, 11) is 1.70. The number of nitrogens with one attached hydrogen (secondary N) is 1. The number of carbonyl (C=O) groups excluding carboxylic acids is 1. The molecule has 3 nitrogen and oxygen atoms in total. The third-order valence-electron chi connectivity index (χ3n) is 1.22. The predicted molar refractivity (Wildman–Crippen MR) is 29.9 cm³/mol. The van der Waals surface area contributed by atoms with Gasteiger partial charge in [-0.25, -0.2) is 0 Å². The molecule has 0 aromatic carbocycles. The van der Waals surface area contributed by atoms with Crippen LogP contribution in [0.5, 0.6) is 0 Å². The zero-order chi connectivity index (χ0) is 6.15. The largest absolute Gasteiger partial charge is 0.363 e. The lowest BCUT2D eigenvalue weighted by Gasteiger charge is -2.05. The smallest absolute Gasteiger partial charge is 0.247 e. The van der Waals surface area contributed by atoms with Crippen molar-refractivity contribution in [3.8, 4) is 0 Å². The van der Waals surface area contributed by atoms with E-state index in [9.17, 15) is 4.79 Å². The fourth-order valence-corrected chi connectivity index (χ4v) is 0.565. The molecule has 0 radical (unpaired) electrons. The van der Waals surface area contributed by atoms with Crippen LogP contribution in [-0.2, 0) is 4.79 Å². The molecule has 8 heavy (non-hydrogen) atoms. The Morgan fingerprint density at radius 3 is 2.62 bits per heavy atom. The number of nitrogens with zero attached hydrogens (tertiary/aromatic N) is 1. The van der Waals surface area contributed by atoms with Crippen LogP contribution in [0, 0.1) is 0 Å². The lowest BCUT2D eigenvalue weighted by atomic mass is 10.6. The van der Waals surface area contributed by atoms with Crippen LogP contribution in [0.3, 0.4) is 0 Å². The summed E-state index contributed by atoms with van der Waals surface area (Å²) in [4.78, 5) is 12.1.